The van der Waals surface area contributed by atoms with Crippen LogP contribution in [0.5, 0.6) is 0 Å². The number of amides is 1. The minimum Gasteiger partial charge on any atom is -0.349 e. The zero-order chi connectivity index (χ0) is 17.2. The Bertz CT molecular complexity index is 906. The van der Waals surface area contributed by atoms with Crippen molar-refractivity contribution >= 4 is 16.7 Å². The third-order valence-corrected chi connectivity index (χ3v) is 5.07. The number of hydrogen-bond acceptors (Lipinski definition) is 3. The van der Waals surface area contributed by atoms with Gasteiger partial charge < -0.3 is 9.88 Å². The molecule has 1 amide bonds. The first-order valence-corrected chi connectivity index (χ1v) is 8.88. The largest absolute Gasteiger partial charge is 0.349 e. The van der Waals surface area contributed by atoms with Crippen molar-refractivity contribution in [3.63, 3.8) is 0 Å². The summed E-state index contributed by atoms with van der Waals surface area (Å²) in [6, 6.07) is 9.75. The number of pyridine rings is 1. The topological polar surface area (TPSA) is 59.8 Å². The molecule has 5 nitrogen and oxygen atoms in total. The summed E-state index contributed by atoms with van der Waals surface area (Å²) in [5.41, 5.74) is 1.64. The van der Waals surface area contributed by atoms with Crippen LogP contribution in [-0.4, -0.2) is 27.0 Å². The predicted molar refractivity (Wildman–Crippen MR) is 97.6 cm³/mol. The summed E-state index contributed by atoms with van der Waals surface area (Å²) in [6.45, 7) is 3.39. The Morgan fingerprint density at radius 2 is 2.08 bits per heavy atom. The lowest BCUT2D eigenvalue weighted by Gasteiger charge is -2.26. The number of aryl methyl sites for hydroxylation is 1. The number of imidazole rings is 1. The molecule has 0 radical (unpaired) electrons. The van der Waals surface area contributed by atoms with Crippen molar-refractivity contribution in [3.05, 3.63) is 59.9 Å². The van der Waals surface area contributed by atoms with Crippen LogP contribution >= 0.6 is 0 Å². The summed E-state index contributed by atoms with van der Waals surface area (Å²) in [5, 5.41) is 4.92. The fourth-order valence-corrected chi connectivity index (χ4v) is 3.43. The Morgan fingerprint density at radius 3 is 2.88 bits per heavy atom. The fraction of sp³-hybridized carbons (Fsp3) is 0.350. The number of nitrogens with one attached hydrogen (secondary N) is 1. The fourth-order valence-electron chi connectivity index (χ4n) is 3.43. The van der Waals surface area contributed by atoms with Crippen molar-refractivity contribution in [2.75, 3.05) is 6.54 Å². The molecule has 25 heavy (non-hydrogen) atoms. The number of hydrogen-bond donors (Lipinski definition) is 1. The molecule has 0 unspecified atom stereocenters. The third-order valence-electron chi connectivity index (χ3n) is 5.07. The zero-order valence-corrected chi connectivity index (χ0v) is 14.4. The lowest BCUT2D eigenvalue weighted by molar-refractivity contribution is 0.0949. The number of fused-ring (bicyclic) bond motifs is 1. The van der Waals surface area contributed by atoms with E-state index in [9.17, 15) is 4.79 Å². The van der Waals surface area contributed by atoms with E-state index >= 15 is 0 Å². The summed E-state index contributed by atoms with van der Waals surface area (Å²) in [6.07, 6.45) is 7.36. The van der Waals surface area contributed by atoms with E-state index in [-0.39, 0.29) is 5.91 Å². The number of benzene rings is 1. The molecule has 1 aromatic carbocycles. The van der Waals surface area contributed by atoms with Crippen molar-refractivity contribution in [2.45, 2.75) is 38.6 Å². The summed E-state index contributed by atoms with van der Waals surface area (Å²) in [4.78, 5) is 21.4. The maximum absolute atomic E-state index is 12.6. The van der Waals surface area contributed by atoms with E-state index < -0.39 is 0 Å². The Labute approximate surface area is 147 Å². The van der Waals surface area contributed by atoms with E-state index in [1.807, 2.05) is 36.5 Å². The summed E-state index contributed by atoms with van der Waals surface area (Å²) >= 11 is 0. The van der Waals surface area contributed by atoms with Gasteiger partial charge in [0.1, 0.15) is 11.5 Å². The van der Waals surface area contributed by atoms with Crippen LogP contribution < -0.4 is 5.32 Å². The lowest BCUT2D eigenvalue weighted by atomic mass is 9.85. The van der Waals surface area contributed by atoms with Crippen molar-refractivity contribution in [1.29, 1.82) is 0 Å². The summed E-state index contributed by atoms with van der Waals surface area (Å²) in [7, 11) is 0. The molecule has 0 aliphatic heterocycles. The number of nitrogens with zero attached hydrogens (tertiary/aromatic N) is 3. The quantitative estimate of drug-likeness (QED) is 0.777. The molecule has 0 bridgehead atoms. The molecule has 1 aliphatic carbocycles. The molecule has 2 heterocycles. The average molecular weight is 334 g/mol. The first-order valence-electron chi connectivity index (χ1n) is 8.88. The number of carbonyl (C=O) groups is 1. The molecule has 0 atom stereocenters. The van der Waals surface area contributed by atoms with E-state index in [4.69, 9.17) is 0 Å². The highest BCUT2D eigenvalue weighted by Crippen LogP contribution is 2.35. The molecule has 1 aliphatic rings. The Morgan fingerprint density at radius 1 is 1.24 bits per heavy atom. The Hall–Kier alpha value is -2.69. The molecule has 4 rings (SSSR count). The normalized spacial score (nSPS) is 14.4. The number of aromatic nitrogens is 3. The highest BCUT2D eigenvalue weighted by molar-refractivity contribution is 6.05. The molecule has 3 aromatic rings. The monoisotopic (exact) mass is 334 g/mol. The maximum atomic E-state index is 12.6. The summed E-state index contributed by atoms with van der Waals surface area (Å²) < 4.78 is 2.24. The molecule has 0 saturated heterocycles. The second-order valence-corrected chi connectivity index (χ2v) is 6.67. The van der Waals surface area contributed by atoms with E-state index in [0.717, 1.165) is 23.0 Å². The van der Waals surface area contributed by atoms with E-state index in [1.165, 1.54) is 25.1 Å². The van der Waals surface area contributed by atoms with Gasteiger partial charge in [-0.05, 0) is 31.2 Å². The average Bonchev–Trinajstić information content (AvgIpc) is 2.93. The SMILES string of the molecule is Cc1cnc(C2CCC2)n1CCNC(=O)c1nccc2ccccc12. The van der Waals surface area contributed by atoms with Gasteiger partial charge in [0, 0.05) is 42.5 Å². The van der Waals surface area contributed by atoms with E-state index in [1.54, 1.807) is 6.20 Å². The molecule has 1 fully saturated rings. The van der Waals surface area contributed by atoms with Gasteiger partial charge in [-0.15, -0.1) is 0 Å². The van der Waals surface area contributed by atoms with Gasteiger partial charge in [-0.2, -0.15) is 0 Å². The Kier molecular flexibility index (Phi) is 4.22. The van der Waals surface area contributed by atoms with Crippen molar-refractivity contribution in [3.8, 4) is 0 Å². The van der Waals surface area contributed by atoms with Gasteiger partial charge in [-0.25, -0.2) is 4.98 Å². The minimum atomic E-state index is -0.125. The minimum absolute atomic E-state index is 0.125. The van der Waals surface area contributed by atoms with Gasteiger partial charge in [-0.3, -0.25) is 9.78 Å². The first-order chi connectivity index (χ1) is 12.2. The van der Waals surface area contributed by atoms with Crippen LogP contribution in [0.2, 0.25) is 0 Å². The van der Waals surface area contributed by atoms with Crippen molar-refractivity contribution < 1.29 is 4.79 Å². The first kappa shape index (κ1) is 15.8. The van der Waals surface area contributed by atoms with Crippen LogP contribution in [0.3, 0.4) is 0 Å². The van der Waals surface area contributed by atoms with Gasteiger partial charge in [-0.1, -0.05) is 30.7 Å². The highest BCUT2D eigenvalue weighted by atomic mass is 16.1. The molecule has 2 aromatic heterocycles. The van der Waals surface area contributed by atoms with Crippen LogP contribution in [0.15, 0.2) is 42.7 Å². The van der Waals surface area contributed by atoms with Crippen molar-refractivity contribution in [1.82, 2.24) is 19.9 Å². The van der Waals surface area contributed by atoms with E-state index in [0.29, 0.717) is 18.2 Å². The molecule has 5 heteroatoms. The van der Waals surface area contributed by atoms with Crippen LogP contribution in [-0.2, 0) is 6.54 Å². The standard InChI is InChI=1S/C20H22N4O/c1-14-13-23-19(16-6-4-7-16)24(14)12-11-22-20(25)18-17-8-3-2-5-15(17)9-10-21-18/h2-3,5,8-10,13,16H,4,6-7,11-12H2,1H3,(H,22,25). The number of carbonyl (C=O) groups excluding carboxylic acids is 1. The van der Waals surface area contributed by atoms with Crippen LogP contribution in [0, 0.1) is 6.92 Å². The molecule has 128 valence electrons. The maximum Gasteiger partial charge on any atom is 0.270 e. The van der Waals surface area contributed by atoms with Crippen LogP contribution in [0.4, 0.5) is 0 Å². The molecule has 0 spiro atoms. The van der Waals surface area contributed by atoms with Gasteiger partial charge in [0.15, 0.2) is 0 Å². The van der Waals surface area contributed by atoms with E-state index in [2.05, 4.69) is 26.8 Å². The van der Waals surface area contributed by atoms with Crippen molar-refractivity contribution in [2.24, 2.45) is 0 Å². The lowest BCUT2D eigenvalue weighted by Crippen LogP contribution is -2.29. The third kappa shape index (κ3) is 3.02. The van der Waals surface area contributed by atoms with Gasteiger partial charge in [0.05, 0.1) is 0 Å². The molecule has 1 N–H and O–H groups in total. The van der Waals surface area contributed by atoms with Gasteiger partial charge in [0.25, 0.3) is 5.91 Å². The second-order valence-electron chi connectivity index (χ2n) is 6.67. The molecule has 1 saturated carbocycles. The Balaban J connectivity index is 1.45. The zero-order valence-electron chi connectivity index (χ0n) is 14.4. The number of rotatable bonds is 5. The smallest absolute Gasteiger partial charge is 0.270 e. The van der Waals surface area contributed by atoms with Crippen LogP contribution in [0.1, 0.15) is 47.2 Å². The molecular formula is C20H22N4O. The highest BCUT2D eigenvalue weighted by Gasteiger charge is 2.24. The predicted octanol–water partition coefficient (Wildman–Crippen LogP) is 3.44. The molecular weight excluding hydrogens is 312 g/mol. The van der Waals surface area contributed by atoms with Gasteiger partial charge >= 0.3 is 0 Å². The second kappa shape index (κ2) is 6.67. The van der Waals surface area contributed by atoms with Crippen LogP contribution in [0.25, 0.3) is 10.8 Å². The van der Waals surface area contributed by atoms with Gasteiger partial charge in [0.2, 0.25) is 0 Å². The summed E-state index contributed by atoms with van der Waals surface area (Å²) in [5.74, 6) is 1.63.